The van der Waals surface area contributed by atoms with E-state index in [-0.39, 0.29) is 5.41 Å². The van der Waals surface area contributed by atoms with Gasteiger partial charge in [0.05, 0.1) is 0 Å². The molecule has 0 atom stereocenters. The molecule has 9 aromatic rings. The van der Waals surface area contributed by atoms with Crippen molar-refractivity contribution < 1.29 is 0 Å². The van der Waals surface area contributed by atoms with Gasteiger partial charge in [-0.2, -0.15) is 0 Å². The second-order valence-corrected chi connectivity index (χ2v) is 15.3. The first-order valence-electron chi connectivity index (χ1n) is 17.7. The highest BCUT2D eigenvalue weighted by atomic mass is 32.1. The van der Waals surface area contributed by atoms with Crippen LogP contribution in [0.15, 0.2) is 176 Å². The normalized spacial score (nSPS) is 13.1. The van der Waals surface area contributed by atoms with Crippen molar-refractivity contribution in [2.24, 2.45) is 0 Å². The lowest BCUT2D eigenvalue weighted by Crippen LogP contribution is -2.15. The summed E-state index contributed by atoms with van der Waals surface area (Å²) in [7, 11) is 0. The molecule has 1 aliphatic rings. The molecule has 1 nitrogen and oxygen atoms in total. The van der Waals surface area contributed by atoms with E-state index in [4.69, 9.17) is 0 Å². The van der Waals surface area contributed by atoms with E-state index in [1.54, 1.807) is 0 Å². The first kappa shape index (κ1) is 29.9. The van der Waals surface area contributed by atoms with Crippen LogP contribution in [-0.4, -0.2) is 0 Å². The largest absolute Gasteiger partial charge is 0.310 e. The van der Waals surface area contributed by atoms with Gasteiger partial charge in [0.25, 0.3) is 0 Å². The SMILES string of the molecule is CC1(C)c2ccccc2-c2cc(N(c3ccc(-c4ccccc4)cc3)c3ccc(-c4cccc5cc6sc7ccccc7c6cc45)cc3)ccc21. The summed E-state index contributed by atoms with van der Waals surface area (Å²) in [6.07, 6.45) is 0. The summed E-state index contributed by atoms with van der Waals surface area (Å²) < 4.78 is 2.68. The third-order valence-electron chi connectivity index (χ3n) is 10.9. The van der Waals surface area contributed by atoms with E-state index >= 15 is 0 Å². The van der Waals surface area contributed by atoms with Gasteiger partial charge in [-0.05, 0) is 110 Å². The van der Waals surface area contributed by atoms with Crippen LogP contribution in [0.5, 0.6) is 0 Å². The molecule has 1 heterocycles. The first-order valence-corrected chi connectivity index (χ1v) is 18.5. The smallest absolute Gasteiger partial charge is 0.0468 e. The number of anilines is 3. The molecular weight excluding hydrogens is 635 g/mol. The summed E-state index contributed by atoms with van der Waals surface area (Å²) in [5.74, 6) is 0. The van der Waals surface area contributed by atoms with Crippen molar-refractivity contribution in [1.82, 2.24) is 0 Å². The van der Waals surface area contributed by atoms with Crippen molar-refractivity contribution in [3.8, 4) is 33.4 Å². The van der Waals surface area contributed by atoms with E-state index in [1.807, 2.05) is 11.3 Å². The van der Waals surface area contributed by atoms with Gasteiger partial charge in [-0.25, -0.2) is 0 Å². The van der Waals surface area contributed by atoms with Gasteiger partial charge in [0.2, 0.25) is 0 Å². The monoisotopic (exact) mass is 669 g/mol. The molecule has 8 aromatic carbocycles. The summed E-state index contributed by atoms with van der Waals surface area (Å²) >= 11 is 1.88. The Kier molecular flexibility index (Phi) is 6.78. The number of hydrogen-bond acceptors (Lipinski definition) is 2. The van der Waals surface area contributed by atoms with E-state index < -0.39 is 0 Å². The molecule has 0 spiro atoms. The van der Waals surface area contributed by atoms with Crippen LogP contribution in [0.4, 0.5) is 17.1 Å². The zero-order valence-corrected chi connectivity index (χ0v) is 29.4. The Morgan fingerprint density at radius 1 is 0.392 bits per heavy atom. The second-order valence-electron chi connectivity index (χ2n) is 14.2. The molecule has 0 aliphatic heterocycles. The van der Waals surface area contributed by atoms with Gasteiger partial charge in [-0.15, -0.1) is 11.3 Å². The fraction of sp³-hybridized carbons (Fsp3) is 0.0612. The highest BCUT2D eigenvalue weighted by Gasteiger charge is 2.35. The summed E-state index contributed by atoms with van der Waals surface area (Å²) in [6.45, 7) is 4.69. The lowest BCUT2D eigenvalue weighted by atomic mass is 9.82. The topological polar surface area (TPSA) is 3.24 Å². The summed E-state index contributed by atoms with van der Waals surface area (Å²) in [6, 6.07) is 64.9. The van der Waals surface area contributed by atoms with Crippen LogP contribution >= 0.6 is 11.3 Å². The molecular formula is C49H35NS. The lowest BCUT2D eigenvalue weighted by molar-refractivity contribution is 0.660. The van der Waals surface area contributed by atoms with E-state index in [0.717, 1.165) is 17.1 Å². The maximum Gasteiger partial charge on any atom is 0.0468 e. The minimum absolute atomic E-state index is 0.0341. The van der Waals surface area contributed by atoms with Crippen molar-refractivity contribution in [3.05, 3.63) is 187 Å². The van der Waals surface area contributed by atoms with Gasteiger partial charge in [0.1, 0.15) is 0 Å². The Labute approximate surface area is 302 Å². The molecule has 0 bridgehead atoms. The Morgan fingerprint density at radius 2 is 1.02 bits per heavy atom. The van der Waals surface area contributed by atoms with Gasteiger partial charge in [0, 0.05) is 42.6 Å². The number of rotatable bonds is 5. The van der Waals surface area contributed by atoms with Gasteiger partial charge < -0.3 is 4.90 Å². The van der Waals surface area contributed by atoms with Crippen LogP contribution in [0.3, 0.4) is 0 Å². The van der Waals surface area contributed by atoms with Crippen molar-refractivity contribution in [2.75, 3.05) is 4.90 Å². The summed E-state index contributed by atoms with van der Waals surface area (Å²) in [5.41, 5.74) is 13.7. The van der Waals surface area contributed by atoms with Crippen LogP contribution in [-0.2, 0) is 5.41 Å². The first-order chi connectivity index (χ1) is 25.0. The molecule has 1 aromatic heterocycles. The number of fused-ring (bicyclic) bond motifs is 7. The van der Waals surface area contributed by atoms with Gasteiger partial charge in [0.15, 0.2) is 0 Å². The summed E-state index contributed by atoms with van der Waals surface area (Å²) in [5, 5.41) is 5.23. The minimum Gasteiger partial charge on any atom is -0.310 e. The predicted octanol–water partition coefficient (Wildman–Crippen LogP) is 14.3. The molecule has 0 radical (unpaired) electrons. The van der Waals surface area contributed by atoms with Crippen molar-refractivity contribution in [2.45, 2.75) is 19.3 Å². The van der Waals surface area contributed by atoms with E-state index in [0.29, 0.717) is 0 Å². The number of hydrogen-bond donors (Lipinski definition) is 0. The molecule has 10 rings (SSSR count). The fourth-order valence-electron chi connectivity index (χ4n) is 8.27. The molecule has 0 N–H and O–H groups in total. The number of benzene rings is 8. The Hall–Kier alpha value is -5.96. The van der Waals surface area contributed by atoms with Gasteiger partial charge in [-0.3, -0.25) is 0 Å². The number of nitrogens with zero attached hydrogens (tertiary/aromatic N) is 1. The van der Waals surface area contributed by atoms with Crippen molar-refractivity contribution in [3.63, 3.8) is 0 Å². The zero-order valence-electron chi connectivity index (χ0n) is 28.6. The van der Waals surface area contributed by atoms with Crippen molar-refractivity contribution >= 4 is 59.3 Å². The van der Waals surface area contributed by atoms with Crippen LogP contribution in [0.2, 0.25) is 0 Å². The molecule has 2 heteroatoms. The maximum absolute atomic E-state index is 2.40. The molecule has 1 aliphatic carbocycles. The third-order valence-corrected chi connectivity index (χ3v) is 12.0. The van der Waals surface area contributed by atoms with Crippen LogP contribution in [0.25, 0.3) is 64.3 Å². The number of thiophene rings is 1. The maximum atomic E-state index is 2.40. The van der Waals surface area contributed by atoms with E-state index in [1.165, 1.54) is 75.5 Å². The van der Waals surface area contributed by atoms with Crippen LogP contribution < -0.4 is 4.90 Å². The third kappa shape index (κ3) is 4.82. The van der Waals surface area contributed by atoms with Gasteiger partial charge >= 0.3 is 0 Å². The average Bonchev–Trinajstić information content (AvgIpc) is 3.65. The highest BCUT2D eigenvalue weighted by molar-refractivity contribution is 7.25. The van der Waals surface area contributed by atoms with E-state index in [2.05, 4.69) is 195 Å². The Bertz CT molecular complexity index is 2750. The minimum atomic E-state index is -0.0341. The van der Waals surface area contributed by atoms with Crippen molar-refractivity contribution in [1.29, 1.82) is 0 Å². The molecule has 51 heavy (non-hydrogen) atoms. The Balaban J connectivity index is 1.10. The molecule has 0 unspecified atom stereocenters. The second kappa shape index (κ2) is 11.6. The standard InChI is InChI=1S/C49H35NS/c1-49(2)45-17-8-6-14-40(45)43-30-38(27-28-46(43)49)50(36-23-19-33(20-24-36)32-11-4-3-5-12-32)37-25-21-34(22-26-37)39-16-10-13-35-29-48-44(31-42(35)39)41-15-7-9-18-47(41)51-48/h3-31H,1-2H3. The highest BCUT2D eigenvalue weighted by Crippen LogP contribution is 2.50. The zero-order chi connectivity index (χ0) is 34.1. The fourth-order valence-corrected chi connectivity index (χ4v) is 9.40. The molecule has 0 saturated heterocycles. The lowest BCUT2D eigenvalue weighted by Gasteiger charge is -2.27. The molecule has 0 amide bonds. The molecule has 0 saturated carbocycles. The van der Waals surface area contributed by atoms with E-state index in [9.17, 15) is 0 Å². The molecule has 0 fully saturated rings. The average molecular weight is 670 g/mol. The quantitative estimate of drug-likeness (QED) is 0.176. The predicted molar refractivity (Wildman–Crippen MR) is 220 cm³/mol. The Morgan fingerprint density at radius 3 is 1.82 bits per heavy atom. The summed E-state index contributed by atoms with van der Waals surface area (Å²) in [4.78, 5) is 2.40. The molecule has 242 valence electrons. The van der Waals surface area contributed by atoms with Crippen LogP contribution in [0, 0.1) is 0 Å². The van der Waals surface area contributed by atoms with Crippen LogP contribution in [0.1, 0.15) is 25.0 Å². The van der Waals surface area contributed by atoms with Gasteiger partial charge in [-0.1, -0.05) is 135 Å².